The largest absolute Gasteiger partial charge is 0.455 e. The van der Waals surface area contributed by atoms with Gasteiger partial charge in [-0.1, -0.05) is 6.92 Å². The van der Waals surface area contributed by atoms with Gasteiger partial charge in [-0.2, -0.15) is 21.0 Å². The number of fused-ring (bicyclic) bond motifs is 3. The summed E-state index contributed by atoms with van der Waals surface area (Å²) in [5, 5.41) is 36.6. The first-order valence-electron chi connectivity index (χ1n) is 10.5. The number of hydrogen-bond donors (Lipinski definition) is 0. The van der Waals surface area contributed by atoms with Crippen molar-refractivity contribution in [1.82, 2.24) is 9.55 Å². The second-order valence-corrected chi connectivity index (χ2v) is 8.91. The third kappa shape index (κ3) is 3.83. The lowest BCUT2D eigenvalue weighted by molar-refractivity contribution is 0.520. The topological polar surface area (TPSA) is 139 Å². The molecule has 0 bridgehead atoms. The number of aromatic nitrogens is 2. The van der Waals surface area contributed by atoms with E-state index in [-0.39, 0.29) is 17.1 Å². The van der Waals surface area contributed by atoms with E-state index in [0.717, 1.165) is 17.0 Å². The van der Waals surface area contributed by atoms with Crippen LogP contribution in [0.4, 0.5) is 0 Å². The number of nitrogens with zero attached hydrogens (tertiary/aromatic N) is 6. The molecule has 0 radical (unpaired) electrons. The molecule has 1 aliphatic rings. The molecule has 8 nitrogen and oxygen atoms in total. The first kappa shape index (κ1) is 21.7. The minimum absolute atomic E-state index is 0.0137. The number of nitriles is 4. The van der Waals surface area contributed by atoms with Crippen LogP contribution in [0.25, 0.3) is 45.8 Å². The Morgan fingerprint density at radius 2 is 1.66 bits per heavy atom. The van der Waals surface area contributed by atoms with E-state index in [2.05, 4.69) is 16.5 Å². The highest BCUT2D eigenvalue weighted by Gasteiger charge is 2.28. The zero-order valence-corrected chi connectivity index (χ0v) is 19.1. The molecular weight excluding hydrogens is 460 g/mol. The molecule has 5 heterocycles. The molecule has 5 rings (SSSR count). The van der Waals surface area contributed by atoms with Gasteiger partial charge in [-0.15, -0.1) is 11.3 Å². The van der Waals surface area contributed by atoms with E-state index >= 15 is 0 Å². The van der Waals surface area contributed by atoms with Crippen molar-refractivity contribution in [3.63, 3.8) is 0 Å². The van der Waals surface area contributed by atoms with Gasteiger partial charge in [-0.25, -0.2) is 4.98 Å². The molecule has 4 aromatic heterocycles. The Balaban J connectivity index is 1.48. The van der Waals surface area contributed by atoms with Gasteiger partial charge in [0.05, 0.1) is 11.4 Å². The Bertz CT molecular complexity index is 1660. The van der Waals surface area contributed by atoms with Crippen LogP contribution in [0.1, 0.15) is 29.0 Å². The normalized spacial score (nSPS) is 13.3. The van der Waals surface area contributed by atoms with Gasteiger partial charge in [-0.3, -0.25) is 0 Å². The van der Waals surface area contributed by atoms with E-state index in [0.29, 0.717) is 39.5 Å². The standard InChI is InChI=1S/C26H14N6O2S/c1-15-14-32-21(2-3-22(32)25-20(15)8-18(33-25)6-16(9-27)10-28)23-4-5-24(34-23)26-31-13-19(35-26)7-17(11-29)12-30/h2-8,13,15H,14H2,1H3. The maximum Gasteiger partial charge on any atom is 0.163 e. The van der Waals surface area contributed by atoms with Crippen molar-refractivity contribution in [3.8, 4) is 58.0 Å². The average Bonchev–Trinajstić information content (AvgIpc) is 3.66. The van der Waals surface area contributed by atoms with Crippen molar-refractivity contribution in [2.45, 2.75) is 19.4 Å². The summed E-state index contributed by atoms with van der Waals surface area (Å²) in [6.07, 6.45) is 4.55. The van der Waals surface area contributed by atoms with E-state index in [1.165, 1.54) is 23.5 Å². The number of thiazole rings is 1. The molecule has 0 saturated carbocycles. The fourth-order valence-corrected chi connectivity index (χ4v) is 4.85. The van der Waals surface area contributed by atoms with E-state index in [1.54, 1.807) is 6.20 Å². The molecule has 0 N–H and O–H groups in total. The number of hydrogen-bond acceptors (Lipinski definition) is 8. The van der Waals surface area contributed by atoms with Crippen molar-refractivity contribution in [2.75, 3.05) is 0 Å². The number of allylic oxidation sites excluding steroid dienone is 2. The molecule has 1 aliphatic heterocycles. The Morgan fingerprint density at radius 3 is 2.40 bits per heavy atom. The zero-order chi connectivity index (χ0) is 24.5. The molecule has 0 aliphatic carbocycles. The van der Waals surface area contributed by atoms with Crippen LogP contribution < -0.4 is 0 Å². The van der Waals surface area contributed by atoms with Gasteiger partial charge in [0, 0.05) is 35.2 Å². The van der Waals surface area contributed by atoms with Crippen molar-refractivity contribution >= 4 is 23.5 Å². The zero-order valence-electron chi connectivity index (χ0n) is 18.3. The lowest BCUT2D eigenvalue weighted by atomic mass is 9.96. The fraction of sp³-hybridized carbons (Fsp3) is 0.115. The monoisotopic (exact) mass is 474 g/mol. The molecule has 35 heavy (non-hydrogen) atoms. The molecule has 1 atom stereocenters. The predicted molar refractivity (Wildman–Crippen MR) is 128 cm³/mol. The van der Waals surface area contributed by atoms with Crippen molar-refractivity contribution in [1.29, 1.82) is 21.0 Å². The maximum absolute atomic E-state index is 9.05. The summed E-state index contributed by atoms with van der Waals surface area (Å²) in [6.45, 7) is 2.81. The summed E-state index contributed by atoms with van der Waals surface area (Å²) < 4.78 is 14.3. The Kier molecular flexibility index (Phi) is 5.40. The van der Waals surface area contributed by atoms with Crippen molar-refractivity contribution in [2.24, 2.45) is 0 Å². The van der Waals surface area contributed by atoms with Crippen LogP contribution in [0.3, 0.4) is 0 Å². The summed E-state index contributed by atoms with van der Waals surface area (Å²) in [5.74, 6) is 2.60. The van der Waals surface area contributed by atoms with Crippen LogP contribution in [0.15, 0.2) is 56.5 Å². The lowest BCUT2D eigenvalue weighted by Gasteiger charge is -2.22. The molecule has 0 fully saturated rings. The van der Waals surface area contributed by atoms with Crippen LogP contribution in [-0.2, 0) is 6.54 Å². The third-order valence-corrected chi connectivity index (χ3v) is 6.59. The summed E-state index contributed by atoms with van der Waals surface area (Å²) in [5.41, 5.74) is 2.81. The smallest absolute Gasteiger partial charge is 0.163 e. The van der Waals surface area contributed by atoms with E-state index < -0.39 is 0 Å². The number of rotatable bonds is 4. The van der Waals surface area contributed by atoms with E-state index in [4.69, 9.17) is 29.9 Å². The van der Waals surface area contributed by atoms with Crippen LogP contribution in [-0.4, -0.2) is 9.55 Å². The van der Waals surface area contributed by atoms with Crippen LogP contribution in [0.2, 0.25) is 0 Å². The van der Waals surface area contributed by atoms with Gasteiger partial charge in [0.25, 0.3) is 0 Å². The SMILES string of the molecule is CC1Cn2c(-c3ccc(-c4ncc(C=C(C#N)C#N)s4)o3)ccc2-c2oc(C=C(C#N)C#N)cc21. The minimum Gasteiger partial charge on any atom is -0.455 e. The second-order valence-electron chi connectivity index (χ2n) is 7.84. The maximum atomic E-state index is 9.05. The third-order valence-electron chi connectivity index (χ3n) is 5.63. The Morgan fingerprint density at radius 1 is 0.971 bits per heavy atom. The van der Waals surface area contributed by atoms with E-state index in [1.807, 2.05) is 54.6 Å². The molecule has 1 unspecified atom stereocenters. The lowest BCUT2D eigenvalue weighted by Crippen LogP contribution is -2.13. The van der Waals surface area contributed by atoms with E-state index in [9.17, 15) is 0 Å². The summed E-state index contributed by atoms with van der Waals surface area (Å²) in [6, 6.07) is 16.9. The summed E-state index contributed by atoms with van der Waals surface area (Å²) in [4.78, 5) is 5.05. The predicted octanol–water partition coefficient (Wildman–Crippen LogP) is 6.11. The molecule has 4 aromatic rings. The average molecular weight is 475 g/mol. The summed E-state index contributed by atoms with van der Waals surface area (Å²) >= 11 is 1.33. The van der Waals surface area contributed by atoms with Crippen molar-refractivity contribution < 1.29 is 8.83 Å². The fourth-order valence-electron chi connectivity index (χ4n) is 4.03. The van der Waals surface area contributed by atoms with Gasteiger partial charge < -0.3 is 13.4 Å². The van der Waals surface area contributed by atoms with Gasteiger partial charge in [0.1, 0.15) is 41.2 Å². The van der Waals surface area contributed by atoms with Crippen molar-refractivity contribution in [3.05, 3.63) is 63.9 Å². The second kappa shape index (κ2) is 8.69. The highest BCUT2D eigenvalue weighted by atomic mass is 32.1. The highest BCUT2D eigenvalue weighted by Crippen LogP contribution is 2.42. The molecule has 0 aromatic carbocycles. The Hall–Kier alpha value is -5.09. The van der Waals surface area contributed by atoms with Crippen LogP contribution in [0, 0.1) is 45.3 Å². The van der Waals surface area contributed by atoms with Crippen LogP contribution in [0.5, 0.6) is 0 Å². The molecule has 166 valence electrons. The van der Waals surface area contributed by atoms with Gasteiger partial charge in [-0.05, 0) is 36.4 Å². The molecular formula is C26H14N6O2S. The first-order valence-corrected chi connectivity index (χ1v) is 11.3. The highest BCUT2D eigenvalue weighted by molar-refractivity contribution is 7.15. The van der Waals surface area contributed by atoms with Gasteiger partial charge in [0.15, 0.2) is 22.3 Å². The molecule has 0 spiro atoms. The summed E-state index contributed by atoms with van der Waals surface area (Å²) in [7, 11) is 0. The molecule has 0 saturated heterocycles. The Labute approximate surface area is 204 Å². The van der Waals surface area contributed by atoms with Gasteiger partial charge >= 0.3 is 0 Å². The minimum atomic E-state index is -0.0137. The quantitative estimate of drug-likeness (QED) is 0.325. The molecule has 0 amide bonds. The number of furan rings is 2. The molecule has 9 heteroatoms. The first-order chi connectivity index (χ1) is 17.0. The van der Waals surface area contributed by atoms with Crippen LogP contribution >= 0.6 is 11.3 Å². The van der Waals surface area contributed by atoms with Gasteiger partial charge in [0.2, 0.25) is 0 Å².